The van der Waals surface area contributed by atoms with Crippen LogP contribution in [-0.4, -0.2) is 33.9 Å². The van der Waals surface area contributed by atoms with E-state index < -0.39 is 0 Å². The molecule has 6 heteroatoms. The molecule has 0 aromatic rings. The minimum atomic E-state index is 0.221. The Hall–Kier alpha value is -0.360. The summed E-state index contributed by atoms with van der Waals surface area (Å²) in [5, 5.41) is 15.2. The summed E-state index contributed by atoms with van der Waals surface area (Å²) in [5.74, 6) is 0.886. The highest BCUT2D eigenvalue weighted by molar-refractivity contribution is 8.42. The summed E-state index contributed by atoms with van der Waals surface area (Å²) in [7, 11) is 1.52. The zero-order valence-corrected chi connectivity index (χ0v) is 7.56. The summed E-state index contributed by atoms with van der Waals surface area (Å²) in [4.78, 5) is 4.59. The highest BCUT2D eigenvalue weighted by atomic mass is 32.2. The number of rotatable bonds is 2. The molecular weight excluding hydrogens is 184 g/mol. The largest absolute Gasteiger partial charge is 0.411 e. The van der Waals surface area contributed by atoms with Crippen LogP contribution in [0.5, 0.6) is 0 Å². The minimum absolute atomic E-state index is 0.221. The van der Waals surface area contributed by atoms with Crippen molar-refractivity contribution in [1.29, 1.82) is 0 Å². The van der Waals surface area contributed by atoms with Gasteiger partial charge in [0.15, 0.2) is 4.38 Å². The van der Waals surface area contributed by atoms with Crippen LogP contribution in [0, 0.1) is 0 Å². The van der Waals surface area contributed by atoms with E-state index in [1.807, 2.05) is 0 Å². The number of thioether (sulfide) groups is 2. The smallest absolute Gasteiger partial charge is 0.170 e. The molecule has 0 bridgehead atoms. The second-order valence-corrected chi connectivity index (χ2v) is 4.27. The maximum absolute atomic E-state index is 8.22. The highest BCUT2D eigenvalue weighted by Gasteiger charge is 2.21. The summed E-state index contributed by atoms with van der Waals surface area (Å²) >= 11 is 3.14. The summed E-state index contributed by atoms with van der Waals surface area (Å²) in [6.45, 7) is 0. The number of hydrogen-bond acceptors (Lipinski definition) is 6. The van der Waals surface area contributed by atoms with Crippen molar-refractivity contribution < 1.29 is 10.0 Å². The van der Waals surface area contributed by atoms with Crippen LogP contribution in [0.2, 0.25) is 0 Å². The highest BCUT2D eigenvalue weighted by Crippen LogP contribution is 2.31. The third-order valence-corrected chi connectivity index (χ3v) is 3.59. The fourth-order valence-corrected chi connectivity index (χ4v) is 2.96. The molecule has 0 saturated carbocycles. The van der Waals surface area contributed by atoms with Gasteiger partial charge in [-0.15, -0.1) is 5.16 Å². The first-order valence-corrected chi connectivity index (χ1v) is 4.81. The van der Waals surface area contributed by atoms with E-state index in [2.05, 4.69) is 15.1 Å². The predicted molar refractivity (Wildman–Crippen MR) is 48.6 cm³/mol. The van der Waals surface area contributed by atoms with Crippen molar-refractivity contribution in [2.45, 2.75) is 5.25 Å². The lowest BCUT2D eigenvalue weighted by Crippen LogP contribution is -2.01. The fourth-order valence-electron chi connectivity index (χ4n) is 0.621. The zero-order chi connectivity index (χ0) is 8.10. The second-order valence-electron chi connectivity index (χ2n) is 1.77. The molecule has 0 aromatic carbocycles. The van der Waals surface area contributed by atoms with Gasteiger partial charge in [0.25, 0.3) is 0 Å². The Bertz CT molecular complexity index is 183. The molecule has 1 aliphatic heterocycles. The number of oxime groups is 2. The van der Waals surface area contributed by atoms with E-state index in [1.165, 1.54) is 25.1 Å². The predicted octanol–water partition coefficient (Wildman–Crippen LogP) is 1.21. The lowest BCUT2D eigenvalue weighted by Gasteiger charge is -1.93. The van der Waals surface area contributed by atoms with Gasteiger partial charge in [0.2, 0.25) is 0 Å². The minimum Gasteiger partial charge on any atom is -0.411 e. The lowest BCUT2D eigenvalue weighted by atomic mass is 10.5. The van der Waals surface area contributed by atoms with E-state index in [-0.39, 0.29) is 5.25 Å². The molecule has 0 spiro atoms. The molecular formula is C5H8N2O2S2. The van der Waals surface area contributed by atoms with Gasteiger partial charge in [-0.3, -0.25) is 0 Å². The Morgan fingerprint density at radius 2 is 2.64 bits per heavy atom. The monoisotopic (exact) mass is 192 g/mol. The number of nitrogens with zero attached hydrogens (tertiary/aromatic N) is 2. The molecule has 11 heavy (non-hydrogen) atoms. The van der Waals surface area contributed by atoms with Crippen molar-refractivity contribution in [3.8, 4) is 0 Å². The Morgan fingerprint density at radius 1 is 1.82 bits per heavy atom. The third kappa shape index (κ3) is 2.63. The first kappa shape index (κ1) is 8.73. The van der Waals surface area contributed by atoms with Crippen molar-refractivity contribution in [3.05, 3.63) is 0 Å². The summed E-state index contributed by atoms with van der Waals surface area (Å²) in [6.07, 6.45) is 1.50. The van der Waals surface area contributed by atoms with E-state index in [1.54, 1.807) is 11.8 Å². The Kier molecular flexibility index (Phi) is 3.58. The van der Waals surface area contributed by atoms with Crippen molar-refractivity contribution >= 4 is 34.1 Å². The normalized spacial score (nSPS) is 28.5. The average Bonchev–Trinajstić information content (AvgIpc) is 2.38. The van der Waals surface area contributed by atoms with Crippen molar-refractivity contribution in [3.63, 3.8) is 0 Å². The van der Waals surface area contributed by atoms with Crippen LogP contribution in [0.1, 0.15) is 0 Å². The quantitative estimate of drug-likeness (QED) is 0.406. The van der Waals surface area contributed by atoms with Crippen molar-refractivity contribution in [2.75, 3.05) is 12.9 Å². The summed E-state index contributed by atoms with van der Waals surface area (Å²) < 4.78 is 0.886. The maximum atomic E-state index is 8.22. The Morgan fingerprint density at radius 3 is 3.27 bits per heavy atom. The van der Waals surface area contributed by atoms with Crippen LogP contribution in [0.4, 0.5) is 0 Å². The summed E-state index contributed by atoms with van der Waals surface area (Å²) in [5.41, 5.74) is 0. The van der Waals surface area contributed by atoms with Crippen LogP contribution in [0.15, 0.2) is 10.3 Å². The first-order valence-electron chi connectivity index (χ1n) is 2.95. The van der Waals surface area contributed by atoms with Gasteiger partial charge in [0, 0.05) is 5.75 Å². The van der Waals surface area contributed by atoms with Gasteiger partial charge in [-0.25, -0.2) is 0 Å². The van der Waals surface area contributed by atoms with Crippen LogP contribution < -0.4 is 0 Å². The van der Waals surface area contributed by atoms with E-state index in [9.17, 15) is 0 Å². The van der Waals surface area contributed by atoms with E-state index >= 15 is 0 Å². The topological polar surface area (TPSA) is 54.2 Å². The molecule has 1 fully saturated rings. The fraction of sp³-hybridized carbons (Fsp3) is 0.600. The molecule has 1 atom stereocenters. The molecule has 0 aromatic heterocycles. The van der Waals surface area contributed by atoms with Crippen LogP contribution in [0.3, 0.4) is 0 Å². The molecule has 1 rings (SSSR count). The molecule has 0 aliphatic carbocycles. The molecule has 1 saturated heterocycles. The molecule has 4 nitrogen and oxygen atoms in total. The van der Waals surface area contributed by atoms with Gasteiger partial charge in [0.05, 0.1) is 11.5 Å². The second kappa shape index (κ2) is 4.50. The van der Waals surface area contributed by atoms with Gasteiger partial charge in [0.1, 0.15) is 7.11 Å². The Labute approximate surface area is 73.0 Å². The van der Waals surface area contributed by atoms with Gasteiger partial charge in [-0.2, -0.15) is 0 Å². The molecule has 0 amide bonds. The molecule has 0 radical (unpaired) electrons. The third-order valence-electron chi connectivity index (χ3n) is 1.02. The van der Waals surface area contributed by atoms with Gasteiger partial charge >= 0.3 is 0 Å². The van der Waals surface area contributed by atoms with E-state index in [0.717, 1.165) is 10.1 Å². The molecule has 62 valence electrons. The molecule has 1 N–H and O–H groups in total. The van der Waals surface area contributed by atoms with Gasteiger partial charge in [-0.1, -0.05) is 28.7 Å². The molecule has 1 aliphatic rings. The van der Waals surface area contributed by atoms with E-state index in [4.69, 9.17) is 5.21 Å². The Balaban J connectivity index is 2.40. The van der Waals surface area contributed by atoms with Crippen LogP contribution in [-0.2, 0) is 4.84 Å². The maximum Gasteiger partial charge on any atom is 0.170 e. The molecule has 0 unspecified atom stereocenters. The van der Waals surface area contributed by atoms with Crippen molar-refractivity contribution in [1.82, 2.24) is 0 Å². The average molecular weight is 192 g/mol. The lowest BCUT2D eigenvalue weighted by molar-refractivity contribution is 0.216. The zero-order valence-electron chi connectivity index (χ0n) is 5.93. The van der Waals surface area contributed by atoms with Crippen LogP contribution >= 0.6 is 23.5 Å². The van der Waals surface area contributed by atoms with Gasteiger partial charge < -0.3 is 10.0 Å². The standard InChI is InChI=1S/C5H8N2O2S2/c1-9-7-5-10-3-4(11-5)2-6-8/h2,4,8H,3H2,1H3/b6-2-,7-5-/t4-/m0/s1. The first-order chi connectivity index (χ1) is 5.36. The SMILES string of the molecule is CO/N=C1/SC[C@H](/C=N\O)S1. The van der Waals surface area contributed by atoms with Crippen LogP contribution in [0.25, 0.3) is 0 Å². The van der Waals surface area contributed by atoms with Crippen molar-refractivity contribution in [2.24, 2.45) is 10.3 Å². The molecule has 1 heterocycles. The van der Waals surface area contributed by atoms with E-state index in [0.29, 0.717) is 0 Å². The number of hydrogen-bond donors (Lipinski definition) is 1. The summed E-state index contributed by atoms with van der Waals surface area (Å²) in [6, 6.07) is 0. The van der Waals surface area contributed by atoms with Gasteiger partial charge in [-0.05, 0) is 0 Å².